The van der Waals surface area contributed by atoms with E-state index in [4.69, 9.17) is 9.47 Å². The number of hydrogen-bond donors (Lipinski definition) is 2. The quantitative estimate of drug-likeness (QED) is 0.669. The number of nitrogens with one attached hydrogen (secondary N) is 2. The van der Waals surface area contributed by atoms with Crippen molar-refractivity contribution >= 4 is 11.8 Å². The van der Waals surface area contributed by atoms with Crippen LogP contribution in [0.4, 0.5) is 0 Å². The van der Waals surface area contributed by atoms with E-state index in [-0.39, 0.29) is 23.8 Å². The molecule has 0 bridgehead atoms. The third kappa shape index (κ3) is 6.73. The number of ether oxygens (including phenoxy) is 2. The first-order valence-electron chi connectivity index (χ1n) is 10.0. The summed E-state index contributed by atoms with van der Waals surface area (Å²) in [5, 5.41) is 5.84. The first-order chi connectivity index (χ1) is 13.0. The second-order valence-electron chi connectivity index (χ2n) is 8.25. The molecule has 0 heterocycles. The summed E-state index contributed by atoms with van der Waals surface area (Å²) in [6.07, 6.45) is 0. The van der Waals surface area contributed by atoms with Crippen LogP contribution >= 0.6 is 0 Å². The molecule has 1 aromatic rings. The van der Waals surface area contributed by atoms with Crippen molar-refractivity contribution in [2.24, 2.45) is 11.3 Å². The number of carbonyl (C=O) groups is 2. The standard InChI is InChI=1S/C22H36N2O4/c1-9-27-17-12-11-16(13-18(17)28-10-2)19(14(3)4)24-20(25)15(5)23-21(26)22(6,7)8/h11-15,19H,9-10H2,1-8H3,(H,23,26)(H,24,25). The monoisotopic (exact) mass is 392 g/mol. The van der Waals surface area contributed by atoms with Crippen LogP contribution < -0.4 is 20.1 Å². The fraction of sp³-hybridized carbons (Fsp3) is 0.636. The Morgan fingerprint density at radius 3 is 2.04 bits per heavy atom. The molecular formula is C22H36N2O4. The molecule has 0 saturated carbocycles. The SMILES string of the molecule is CCOc1ccc(C(NC(=O)C(C)NC(=O)C(C)(C)C)C(C)C)cc1OCC. The van der Waals surface area contributed by atoms with E-state index in [1.54, 1.807) is 6.92 Å². The summed E-state index contributed by atoms with van der Waals surface area (Å²) < 4.78 is 11.3. The maximum absolute atomic E-state index is 12.7. The molecule has 158 valence electrons. The van der Waals surface area contributed by atoms with E-state index in [0.717, 1.165) is 5.56 Å². The van der Waals surface area contributed by atoms with E-state index in [1.807, 2.05) is 66.7 Å². The van der Waals surface area contributed by atoms with Crippen molar-refractivity contribution in [2.75, 3.05) is 13.2 Å². The largest absolute Gasteiger partial charge is 0.490 e. The van der Waals surface area contributed by atoms with Gasteiger partial charge in [0.1, 0.15) is 6.04 Å². The highest BCUT2D eigenvalue weighted by molar-refractivity contribution is 5.89. The lowest BCUT2D eigenvalue weighted by Crippen LogP contribution is -2.49. The van der Waals surface area contributed by atoms with Crippen LogP contribution in [0.1, 0.15) is 67.0 Å². The van der Waals surface area contributed by atoms with Crippen molar-refractivity contribution < 1.29 is 19.1 Å². The van der Waals surface area contributed by atoms with Crippen LogP contribution in [0.25, 0.3) is 0 Å². The van der Waals surface area contributed by atoms with Gasteiger partial charge in [0.15, 0.2) is 11.5 Å². The van der Waals surface area contributed by atoms with Gasteiger partial charge in [0.2, 0.25) is 11.8 Å². The molecule has 0 aliphatic rings. The minimum Gasteiger partial charge on any atom is -0.490 e. The molecule has 2 amide bonds. The number of amides is 2. The minimum absolute atomic E-state index is 0.155. The van der Waals surface area contributed by atoms with Gasteiger partial charge in [-0.25, -0.2) is 0 Å². The van der Waals surface area contributed by atoms with Crippen LogP contribution in [0.3, 0.4) is 0 Å². The smallest absolute Gasteiger partial charge is 0.242 e. The zero-order valence-electron chi connectivity index (χ0n) is 18.5. The molecule has 6 heteroatoms. The Labute approximate surface area is 169 Å². The van der Waals surface area contributed by atoms with Gasteiger partial charge in [-0.3, -0.25) is 9.59 Å². The molecule has 2 N–H and O–H groups in total. The number of hydrogen-bond acceptors (Lipinski definition) is 4. The maximum Gasteiger partial charge on any atom is 0.242 e. The topological polar surface area (TPSA) is 76.7 Å². The molecule has 2 unspecified atom stereocenters. The molecule has 28 heavy (non-hydrogen) atoms. The minimum atomic E-state index is -0.623. The molecule has 1 aromatic carbocycles. The van der Waals surface area contributed by atoms with Gasteiger partial charge in [-0.2, -0.15) is 0 Å². The fourth-order valence-corrected chi connectivity index (χ4v) is 2.65. The summed E-state index contributed by atoms with van der Waals surface area (Å²) in [5.41, 5.74) is 0.387. The van der Waals surface area contributed by atoms with E-state index in [0.29, 0.717) is 24.7 Å². The Kier molecular flexibility index (Phi) is 8.79. The molecule has 2 atom stereocenters. The van der Waals surface area contributed by atoms with Gasteiger partial charge in [0.25, 0.3) is 0 Å². The average molecular weight is 393 g/mol. The average Bonchev–Trinajstić information content (AvgIpc) is 2.60. The van der Waals surface area contributed by atoms with Crippen LogP contribution in [0.2, 0.25) is 0 Å². The number of rotatable bonds is 9. The Bertz CT molecular complexity index is 665. The van der Waals surface area contributed by atoms with E-state index >= 15 is 0 Å². The molecule has 0 radical (unpaired) electrons. The van der Waals surface area contributed by atoms with Gasteiger partial charge in [-0.1, -0.05) is 40.7 Å². The maximum atomic E-state index is 12.7. The van der Waals surface area contributed by atoms with Crippen molar-refractivity contribution in [3.05, 3.63) is 23.8 Å². The first kappa shape index (κ1) is 23.8. The number of benzene rings is 1. The third-order valence-electron chi connectivity index (χ3n) is 4.31. The normalized spacial score (nSPS) is 13.6. The van der Waals surface area contributed by atoms with Crippen LogP contribution in [0.5, 0.6) is 11.5 Å². The molecule has 0 fully saturated rings. The predicted molar refractivity (Wildman–Crippen MR) is 112 cm³/mol. The van der Waals surface area contributed by atoms with Crippen LogP contribution in [-0.4, -0.2) is 31.1 Å². The van der Waals surface area contributed by atoms with Crippen LogP contribution in [0, 0.1) is 11.3 Å². The van der Waals surface area contributed by atoms with Gasteiger partial charge in [0.05, 0.1) is 19.3 Å². The lowest BCUT2D eigenvalue weighted by molar-refractivity contribution is -0.133. The highest BCUT2D eigenvalue weighted by atomic mass is 16.5. The summed E-state index contributed by atoms with van der Waals surface area (Å²) in [6.45, 7) is 16.2. The first-order valence-corrected chi connectivity index (χ1v) is 10.0. The second-order valence-corrected chi connectivity index (χ2v) is 8.25. The van der Waals surface area contributed by atoms with Crippen molar-refractivity contribution in [3.63, 3.8) is 0 Å². The Morgan fingerprint density at radius 2 is 1.54 bits per heavy atom. The number of carbonyl (C=O) groups excluding carboxylic acids is 2. The highest BCUT2D eigenvalue weighted by Crippen LogP contribution is 2.33. The van der Waals surface area contributed by atoms with E-state index in [1.165, 1.54) is 0 Å². The van der Waals surface area contributed by atoms with Crippen molar-refractivity contribution in [1.82, 2.24) is 10.6 Å². The summed E-state index contributed by atoms with van der Waals surface area (Å²) in [7, 11) is 0. The predicted octanol–water partition coefficient (Wildman–Crippen LogP) is 3.85. The van der Waals surface area contributed by atoms with Crippen molar-refractivity contribution in [2.45, 2.75) is 67.5 Å². The van der Waals surface area contributed by atoms with Gasteiger partial charge >= 0.3 is 0 Å². The molecule has 0 aliphatic carbocycles. The molecule has 0 saturated heterocycles. The molecule has 0 aromatic heterocycles. The Morgan fingerprint density at radius 1 is 0.964 bits per heavy atom. The summed E-state index contributed by atoms with van der Waals surface area (Å²) in [6, 6.07) is 4.89. The third-order valence-corrected chi connectivity index (χ3v) is 4.31. The lowest BCUT2D eigenvalue weighted by atomic mass is 9.94. The summed E-state index contributed by atoms with van der Waals surface area (Å²) in [4.78, 5) is 24.9. The molecule has 0 aliphatic heterocycles. The van der Waals surface area contributed by atoms with Crippen LogP contribution in [0.15, 0.2) is 18.2 Å². The molecule has 1 rings (SSSR count). The molecule has 0 spiro atoms. The summed E-state index contributed by atoms with van der Waals surface area (Å²) in [5.74, 6) is 1.13. The van der Waals surface area contributed by atoms with Crippen molar-refractivity contribution in [1.29, 1.82) is 0 Å². The molecular weight excluding hydrogens is 356 g/mol. The summed E-state index contributed by atoms with van der Waals surface area (Å²) >= 11 is 0. The van der Waals surface area contributed by atoms with Gasteiger partial charge in [0, 0.05) is 5.41 Å². The zero-order valence-corrected chi connectivity index (χ0v) is 18.5. The van der Waals surface area contributed by atoms with E-state index in [2.05, 4.69) is 10.6 Å². The Hall–Kier alpha value is -2.24. The highest BCUT2D eigenvalue weighted by Gasteiger charge is 2.27. The fourth-order valence-electron chi connectivity index (χ4n) is 2.65. The van der Waals surface area contributed by atoms with E-state index in [9.17, 15) is 9.59 Å². The second kappa shape index (κ2) is 10.3. The zero-order chi connectivity index (χ0) is 21.5. The van der Waals surface area contributed by atoms with Gasteiger partial charge in [-0.05, 0) is 44.4 Å². The van der Waals surface area contributed by atoms with Crippen LogP contribution in [-0.2, 0) is 9.59 Å². The molecule has 6 nitrogen and oxygen atoms in total. The van der Waals surface area contributed by atoms with Crippen molar-refractivity contribution in [3.8, 4) is 11.5 Å². The lowest BCUT2D eigenvalue weighted by Gasteiger charge is -2.27. The Balaban J connectivity index is 3.00. The van der Waals surface area contributed by atoms with Gasteiger partial charge in [-0.15, -0.1) is 0 Å². The van der Waals surface area contributed by atoms with Gasteiger partial charge < -0.3 is 20.1 Å². The van der Waals surface area contributed by atoms with E-state index < -0.39 is 11.5 Å².